The Kier molecular flexibility index (Phi) is 5.55. The largest absolute Gasteiger partial charge is 0.466 e. The third-order valence-corrected chi connectivity index (χ3v) is 3.12. The molecule has 0 bridgehead atoms. The number of hydrogen-bond acceptors (Lipinski definition) is 7. The van der Waals surface area contributed by atoms with Crippen molar-refractivity contribution in [1.29, 1.82) is 0 Å². The molecule has 1 rings (SSSR count). The average Bonchev–Trinajstić information content (AvgIpc) is 2.74. The molecule has 1 aromatic heterocycles. The highest BCUT2D eigenvalue weighted by molar-refractivity contribution is 7.92. The predicted octanol–water partition coefficient (Wildman–Crippen LogP) is -0.102. The van der Waals surface area contributed by atoms with E-state index in [1.165, 1.54) is 0 Å². The maximum Gasteiger partial charge on any atom is 0.337 e. The van der Waals surface area contributed by atoms with Gasteiger partial charge in [-0.3, -0.25) is 9.52 Å². The van der Waals surface area contributed by atoms with Gasteiger partial charge in [0.05, 0.1) is 25.4 Å². The van der Waals surface area contributed by atoms with E-state index in [-0.39, 0.29) is 25.0 Å². The third kappa shape index (κ3) is 5.55. The van der Waals surface area contributed by atoms with Crippen molar-refractivity contribution in [2.45, 2.75) is 20.3 Å². The molecule has 0 radical (unpaired) electrons. The van der Waals surface area contributed by atoms with Crippen LogP contribution in [-0.4, -0.2) is 48.5 Å². The summed E-state index contributed by atoms with van der Waals surface area (Å²) in [5, 5.41) is 6.00. The first-order chi connectivity index (χ1) is 8.96. The summed E-state index contributed by atoms with van der Waals surface area (Å²) >= 11 is 0. The molecule has 9 nitrogen and oxygen atoms in total. The highest BCUT2D eigenvalue weighted by Crippen LogP contribution is 2.08. The number of aromatic amines is 1. The van der Waals surface area contributed by atoms with Gasteiger partial charge in [0.25, 0.3) is 0 Å². The lowest BCUT2D eigenvalue weighted by Crippen LogP contribution is -2.20. The quantitative estimate of drug-likeness (QED) is 0.641. The Morgan fingerprint density at radius 3 is 2.74 bits per heavy atom. The Morgan fingerprint density at radius 1 is 1.37 bits per heavy atom. The Balaban J connectivity index is 2.51. The summed E-state index contributed by atoms with van der Waals surface area (Å²) in [6, 6.07) is 0.0468. The van der Waals surface area contributed by atoms with Crippen LogP contribution in [0.3, 0.4) is 0 Å². The molecule has 0 aliphatic heterocycles. The lowest BCUT2D eigenvalue weighted by Gasteiger charge is -2.04. The highest BCUT2D eigenvalue weighted by atomic mass is 32.2. The van der Waals surface area contributed by atoms with Crippen LogP contribution in [0.1, 0.15) is 20.3 Å². The first-order valence-electron chi connectivity index (χ1n) is 5.68. The topological polar surface area (TPSA) is 123 Å². The molecule has 0 aliphatic rings. The number of nitrogens with one attached hydrogen (secondary N) is 2. The maximum atomic E-state index is 11.6. The molecule has 108 valence electrons. The molecular weight excluding hydrogens is 276 g/mol. The van der Waals surface area contributed by atoms with Crippen LogP contribution in [0.2, 0.25) is 0 Å². The van der Waals surface area contributed by atoms with Gasteiger partial charge in [0.2, 0.25) is 16.0 Å². The van der Waals surface area contributed by atoms with Gasteiger partial charge >= 0.3 is 12.0 Å². The van der Waals surface area contributed by atoms with Gasteiger partial charge in [-0.15, -0.1) is 5.10 Å². The second-order valence-electron chi connectivity index (χ2n) is 3.38. The molecule has 0 saturated heterocycles. The number of H-pyrrole nitrogens is 1. The van der Waals surface area contributed by atoms with Crippen molar-refractivity contribution in [3.05, 3.63) is 0 Å². The minimum Gasteiger partial charge on any atom is -0.466 e. The number of aromatic nitrogens is 3. The van der Waals surface area contributed by atoms with E-state index in [0.717, 1.165) is 0 Å². The summed E-state index contributed by atoms with van der Waals surface area (Å²) in [5.74, 6) is -1.02. The van der Waals surface area contributed by atoms with Gasteiger partial charge in [-0.25, -0.2) is 13.5 Å². The predicted molar refractivity (Wildman–Crippen MR) is 66.2 cm³/mol. The molecule has 0 fully saturated rings. The van der Waals surface area contributed by atoms with E-state index in [9.17, 15) is 13.2 Å². The number of hydrogen-bond donors (Lipinski definition) is 2. The molecular formula is C9H16N4O5S. The Bertz CT molecular complexity index is 512. The second-order valence-corrected chi connectivity index (χ2v) is 5.22. The van der Waals surface area contributed by atoms with Gasteiger partial charge < -0.3 is 9.47 Å². The van der Waals surface area contributed by atoms with Gasteiger partial charge in [0.1, 0.15) is 0 Å². The van der Waals surface area contributed by atoms with Crippen LogP contribution in [0.5, 0.6) is 6.01 Å². The number of esters is 1. The highest BCUT2D eigenvalue weighted by Gasteiger charge is 2.16. The van der Waals surface area contributed by atoms with Crippen LogP contribution in [0.25, 0.3) is 0 Å². The zero-order valence-electron chi connectivity index (χ0n) is 10.7. The molecule has 0 unspecified atom stereocenters. The van der Waals surface area contributed by atoms with E-state index >= 15 is 0 Å². The maximum absolute atomic E-state index is 11.6. The van der Waals surface area contributed by atoms with E-state index in [1.807, 2.05) is 0 Å². The van der Waals surface area contributed by atoms with Gasteiger partial charge in [-0.1, -0.05) is 0 Å². The van der Waals surface area contributed by atoms with Crippen molar-refractivity contribution in [2.24, 2.45) is 0 Å². The van der Waals surface area contributed by atoms with Gasteiger partial charge in [-0.2, -0.15) is 4.98 Å². The molecule has 0 spiro atoms. The SMILES string of the molecule is CCOC(=O)CCS(=O)(=O)Nc1nc(OCC)n[nH]1. The molecule has 0 atom stereocenters. The molecule has 0 aromatic carbocycles. The molecule has 10 heteroatoms. The number of ether oxygens (including phenoxy) is 2. The van der Waals surface area contributed by atoms with E-state index in [4.69, 9.17) is 4.74 Å². The number of rotatable bonds is 8. The molecule has 19 heavy (non-hydrogen) atoms. The van der Waals surface area contributed by atoms with Gasteiger partial charge in [0.15, 0.2) is 0 Å². The minimum atomic E-state index is -3.69. The molecule has 0 aliphatic carbocycles. The molecule has 0 saturated carbocycles. The van der Waals surface area contributed by atoms with Crippen LogP contribution >= 0.6 is 0 Å². The minimum absolute atomic E-state index is 0.0468. The lowest BCUT2D eigenvalue weighted by atomic mass is 10.5. The summed E-state index contributed by atoms with van der Waals surface area (Å²) < 4.78 is 35.0. The number of carbonyl (C=O) groups is 1. The number of anilines is 1. The Morgan fingerprint density at radius 2 is 2.11 bits per heavy atom. The third-order valence-electron chi connectivity index (χ3n) is 1.87. The Hall–Kier alpha value is -1.84. The van der Waals surface area contributed by atoms with Crippen molar-refractivity contribution in [3.63, 3.8) is 0 Å². The monoisotopic (exact) mass is 292 g/mol. The molecule has 2 N–H and O–H groups in total. The summed E-state index contributed by atoms with van der Waals surface area (Å²) in [7, 11) is -3.69. The average molecular weight is 292 g/mol. The zero-order valence-corrected chi connectivity index (χ0v) is 11.5. The fourth-order valence-electron chi connectivity index (χ4n) is 1.13. The molecule has 1 heterocycles. The normalized spacial score (nSPS) is 11.1. The smallest absolute Gasteiger partial charge is 0.337 e. The van der Waals surface area contributed by atoms with Crippen LogP contribution in [0.15, 0.2) is 0 Å². The summed E-state index contributed by atoms with van der Waals surface area (Å²) in [6.45, 7) is 3.98. The van der Waals surface area contributed by atoms with Crippen LogP contribution in [0.4, 0.5) is 5.95 Å². The van der Waals surface area contributed by atoms with E-state index in [1.54, 1.807) is 13.8 Å². The second kappa shape index (κ2) is 6.92. The van der Waals surface area contributed by atoms with E-state index in [0.29, 0.717) is 6.61 Å². The van der Waals surface area contributed by atoms with E-state index < -0.39 is 21.7 Å². The zero-order chi connectivity index (χ0) is 14.3. The number of nitrogens with zero attached hydrogens (tertiary/aromatic N) is 2. The lowest BCUT2D eigenvalue weighted by molar-refractivity contribution is -0.142. The number of sulfonamides is 1. The Labute approximate surface area is 110 Å². The van der Waals surface area contributed by atoms with Crippen molar-refractivity contribution < 1.29 is 22.7 Å². The van der Waals surface area contributed by atoms with Crippen molar-refractivity contribution in [1.82, 2.24) is 15.2 Å². The van der Waals surface area contributed by atoms with Crippen LogP contribution < -0.4 is 9.46 Å². The van der Waals surface area contributed by atoms with Gasteiger partial charge in [-0.05, 0) is 13.8 Å². The van der Waals surface area contributed by atoms with E-state index in [2.05, 4.69) is 24.6 Å². The van der Waals surface area contributed by atoms with Gasteiger partial charge in [0, 0.05) is 0 Å². The summed E-state index contributed by atoms with van der Waals surface area (Å²) in [5.41, 5.74) is 0. The fourth-order valence-corrected chi connectivity index (χ4v) is 2.06. The molecule has 0 amide bonds. The number of carbonyl (C=O) groups excluding carboxylic acids is 1. The summed E-state index contributed by atoms with van der Waals surface area (Å²) in [6.07, 6.45) is -0.227. The van der Waals surface area contributed by atoms with Crippen LogP contribution in [-0.2, 0) is 19.6 Å². The molecule has 1 aromatic rings. The van der Waals surface area contributed by atoms with Crippen LogP contribution in [0, 0.1) is 0 Å². The van der Waals surface area contributed by atoms with Crippen molar-refractivity contribution >= 4 is 21.9 Å². The standard InChI is InChI=1S/C9H16N4O5S/c1-3-17-7(14)5-6-19(15,16)13-8-10-9(12-11-8)18-4-2/h3-6H2,1-2H3,(H2,10,11,12,13). The first kappa shape index (κ1) is 15.2. The fraction of sp³-hybridized carbons (Fsp3) is 0.667. The summed E-state index contributed by atoms with van der Waals surface area (Å²) in [4.78, 5) is 14.8. The van der Waals surface area contributed by atoms with Crippen molar-refractivity contribution in [3.8, 4) is 6.01 Å². The van der Waals surface area contributed by atoms with Crippen molar-refractivity contribution in [2.75, 3.05) is 23.7 Å². The first-order valence-corrected chi connectivity index (χ1v) is 7.33.